The van der Waals surface area contributed by atoms with E-state index in [1.54, 1.807) is 7.11 Å². The van der Waals surface area contributed by atoms with Gasteiger partial charge >= 0.3 is 12.0 Å². The number of urea groups is 1. The number of rotatable bonds is 7. The zero-order chi connectivity index (χ0) is 20.4. The number of ether oxygens (including phenoxy) is 2. The zero-order valence-corrected chi connectivity index (χ0v) is 18.4. The van der Waals surface area contributed by atoms with E-state index < -0.39 is 0 Å². The highest BCUT2D eigenvalue weighted by Crippen LogP contribution is 2.55. The molecule has 158 valence electrons. The smallest absolute Gasteiger partial charge is 0.315 e. The molecule has 4 bridgehead atoms. The molecule has 0 saturated heterocycles. The Kier molecular flexibility index (Phi) is 6.04. The third-order valence-corrected chi connectivity index (χ3v) is 7.27. The summed E-state index contributed by atoms with van der Waals surface area (Å²) < 4.78 is 11.3. The highest BCUT2D eigenvalue weighted by atomic mass is 79.9. The number of halogens is 1. The van der Waals surface area contributed by atoms with Crippen LogP contribution in [0.5, 0.6) is 5.75 Å². The number of esters is 1. The van der Waals surface area contributed by atoms with E-state index in [4.69, 9.17) is 9.47 Å². The van der Waals surface area contributed by atoms with Gasteiger partial charge in [0, 0.05) is 12.1 Å². The lowest BCUT2D eigenvalue weighted by Gasteiger charge is -2.56. The van der Waals surface area contributed by atoms with E-state index in [9.17, 15) is 9.59 Å². The Balaban J connectivity index is 1.17. The number of carbonyl (C=O) groups is 2. The monoisotopic (exact) mass is 464 g/mol. The van der Waals surface area contributed by atoms with Crippen LogP contribution < -0.4 is 15.4 Å². The number of benzene rings is 1. The van der Waals surface area contributed by atoms with Crippen LogP contribution in [0.2, 0.25) is 0 Å². The molecule has 4 aliphatic rings. The maximum absolute atomic E-state index is 12.4. The predicted molar refractivity (Wildman–Crippen MR) is 113 cm³/mol. The number of carbonyl (C=O) groups excluding carboxylic acids is 2. The van der Waals surface area contributed by atoms with E-state index in [1.165, 1.54) is 19.3 Å². The lowest BCUT2D eigenvalue weighted by atomic mass is 9.53. The molecule has 4 fully saturated rings. The molecular weight excluding hydrogens is 436 g/mol. The van der Waals surface area contributed by atoms with E-state index in [0.717, 1.165) is 52.8 Å². The summed E-state index contributed by atoms with van der Waals surface area (Å²) in [7, 11) is 1.60. The van der Waals surface area contributed by atoms with Crippen molar-refractivity contribution in [3.63, 3.8) is 0 Å². The molecule has 5 rings (SSSR count). The summed E-state index contributed by atoms with van der Waals surface area (Å²) in [6, 6.07) is 5.39. The topological polar surface area (TPSA) is 76.7 Å². The molecule has 0 heterocycles. The van der Waals surface area contributed by atoms with Crippen LogP contribution in [-0.2, 0) is 16.1 Å². The molecule has 0 atom stereocenters. The minimum absolute atomic E-state index is 0.0128. The summed E-state index contributed by atoms with van der Waals surface area (Å²) in [6.07, 6.45) is 7.55. The highest BCUT2D eigenvalue weighted by molar-refractivity contribution is 9.10. The van der Waals surface area contributed by atoms with Crippen LogP contribution >= 0.6 is 15.9 Å². The number of methoxy groups -OCH3 is 1. The molecule has 7 heteroatoms. The van der Waals surface area contributed by atoms with Gasteiger partial charge in [0.1, 0.15) is 12.4 Å². The first-order valence-corrected chi connectivity index (χ1v) is 11.3. The highest BCUT2D eigenvalue weighted by Gasteiger charge is 2.51. The van der Waals surface area contributed by atoms with Crippen molar-refractivity contribution in [2.75, 3.05) is 13.7 Å². The Morgan fingerprint density at radius 2 is 1.79 bits per heavy atom. The first-order chi connectivity index (χ1) is 13.9. The van der Waals surface area contributed by atoms with Gasteiger partial charge in [-0.3, -0.25) is 4.79 Å². The van der Waals surface area contributed by atoms with Gasteiger partial charge in [-0.2, -0.15) is 0 Å². The van der Waals surface area contributed by atoms with Gasteiger partial charge in [0.25, 0.3) is 0 Å². The van der Waals surface area contributed by atoms with Crippen LogP contribution in [0.4, 0.5) is 4.79 Å². The molecule has 0 unspecified atom stereocenters. The van der Waals surface area contributed by atoms with Gasteiger partial charge in [-0.25, -0.2) is 4.79 Å². The van der Waals surface area contributed by atoms with E-state index in [-0.39, 0.29) is 37.1 Å². The Hall–Kier alpha value is -1.76. The molecule has 4 saturated carbocycles. The van der Waals surface area contributed by atoms with Crippen LogP contribution in [0.15, 0.2) is 22.7 Å². The predicted octanol–water partition coefficient (Wildman–Crippen LogP) is 4.16. The van der Waals surface area contributed by atoms with Gasteiger partial charge < -0.3 is 20.1 Å². The van der Waals surface area contributed by atoms with Gasteiger partial charge in [-0.1, -0.05) is 6.07 Å². The van der Waals surface area contributed by atoms with Crippen molar-refractivity contribution in [1.29, 1.82) is 0 Å². The average molecular weight is 465 g/mol. The molecule has 1 aromatic rings. The van der Waals surface area contributed by atoms with Crippen LogP contribution in [-0.4, -0.2) is 31.2 Å². The van der Waals surface area contributed by atoms with Crippen molar-refractivity contribution in [1.82, 2.24) is 10.6 Å². The Labute approximate surface area is 180 Å². The van der Waals surface area contributed by atoms with Crippen molar-refractivity contribution in [3.05, 3.63) is 28.2 Å². The number of amides is 2. The molecule has 2 N–H and O–H groups in total. The average Bonchev–Trinajstić information content (AvgIpc) is 2.65. The summed E-state index contributed by atoms with van der Waals surface area (Å²) in [5, 5.41) is 6.09. The number of hydrogen-bond donors (Lipinski definition) is 2. The van der Waals surface area contributed by atoms with Crippen molar-refractivity contribution >= 4 is 27.9 Å². The van der Waals surface area contributed by atoms with Gasteiger partial charge in [0.15, 0.2) is 0 Å². The Morgan fingerprint density at radius 3 is 2.38 bits per heavy atom. The van der Waals surface area contributed by atoms with Gasteiger partial charge in [0.2, 0.25) is 0 Å². The fraction of sp³-hybridized carbons (Fsp3) is 0.636. The van der Waals surface area contributed by atoms with E-state index in [0.29, 0.717) is 0 Å². The van der Waals surface area contributed by atoms with Crippen LogP contribution in [0.3, 0.4) is 0 Å². The van der Waals surface area contributed by atoms with Gasteiger partial charge in [-0.15, -0.1) is 0 Å². The van der Waals surface area contributed by atoms with E-state index >= 15 is 0 Å². The number of nitrogens with one attached hydrogen (secondary N) is 2. The second-order valence-electron chi connectivity index (χ2n) is 8.96. The van der Waals surface area contributed by atoms with Crippen LogP contribution in [0.1, 0.15) is 50.5 Å². The van der Waals surface area contributed by atoms with Crippen molar-refractivity contribution in [3.8, 4) is 5.75 Å². The third kappa shape index (κ3) is 4.87. The number of hydrogen-bond acceptors (Lipinski definition) is 4. The Bertz CT molecular complexity index is 747. The molecule has 1 aromatic carbocycles. The minimum atomic E-state index is -0.327. The lowest BCUT2D eigenvalue weighted by molar-refractivity contribution is -0.144. The second kappa shape index (κ2) is 8.54. The summed E-state index contributed by atoms with van der Waals surface area (Å²) >= 11 is 3.42. The van der Waals surface area contributed by atoms with E-state index in [2.05, 4.69) is 26.6 Å². The Morgan fingerprint density at radius 1 is 1.14 bits per heavy atom. The molecule has 0 aliphatic heterocycles. The quantitative estimate of drug-likeness (QED) is 0.593. The first kappa shape index (κ1) is 20.5. The lowest BCUT2D eigenvalue weighted by Crippen LogP contribution is -2.61. The van der Waals surface area contributed by atoms with Crippen molar-refractivity contribution < 1.29 is 19.1 Å². The second-order valence-corrected chi connectivity index (χ2v) is 9.81. The first-order valence-electron chi connectivity index (χ1n) is 10.5. The zero-order valence-electron chi connectivity index (χ0n) is 16.8. The largest absolute Gasteiger partial charge is 0.496 e. The molecule has 29 heavy (non-hydrogen) atoms. The molecule has 6 nitrogen and oxygen atoms in total. The minimum Gasteiger partial charge on any atom is -0.496 e. The van der Waals surface area contributed by atoms with Crippen molar-refractivity contribution in [2.45, 2.75) is 57.1 Å². The third-order valence-electron chi connectivity index (χ3n) is 6.65. The van der Waals surface area contributed by atoms with Crippen LogP contribution in [0.25, 0.3) is 0 Å². The summed E-state index contributed by atoms with van der Waals surface area (Å²) in [5.41, 5.74) is 0.861. The fourth-order valence-corrected chi connectivity index (χ4v) is 6.45. The van der Waals surface area contributed by atoms with Gasteiger partial charge in [0.05, 0.1) is 18.0 Å². The summed E-state index contributed by atoms with van der Waals surface area (Å²) in [6.45, 7) is 0.476. The molecule has 0 spiro atoms. The van der Waals surface area contributed by atoms with Crippen LogP contribution in [0, 0.1) is 17.8 Å². The molecule has 4 aliphatic carbocycles. The standard InChI is InChI=1S/C22H29BrN2O4/c1-28-19-3-2-14(9-18(19)23)13-29-20(26)4-5-24-21(27)25-22-10-15-6-16(11-22)8-17(7-15)12-22/h2-3,9,15-17H,4-8,10-13H2,1H3,(H2,24,25,27). The molecule has 2 amide bonds. The molecule has 0 radical (unpaired) electrons. The maximum Gasteiger partial charge on any atom is 0.315 e. The molecular formula is C22H29BrN2O4. The summed E-state index contributed by atoms with van der Waals surface area (Å²) in [5.74, 6) is 2.76. The van der Waals surface area contributed by atoms with E-state index in [1.807, 2.05) is 18.2 Å². The SMILES string of the molecule is COc1ccc(COC(=O)CCNC(=O)NC23CC4CC(CC(C4)C2)C3)cc1Br. The van der Waals surface area contributed by atoms with Gasteiger partial charge in [-0.05, 0) is 89.9 Å². The fourth-order valence-electron chi connectivity index (χ4n) is 5.86. The summed E-state index contributed by atoms with van der Waals surface area (Å²) in [4.78, 5) is 24.4. The van der Waals surface area contributed by atoms with Crippen molar-refractivity contribution in [2.24, 2.45) is 17.8 Å². The normalized spacial score (nSPS) is 29.4. The maximum atomic E-state index is 12.4. The molecule has 0 aromatic heterocycles.